The number of hydrogen-bond acceptors (Lipinski definition) is 3. The molecule has 1 heterocycles. The molecule has 0 saturated carbocycles. The van der Waals surface area contributed by atoms with Gasteiger partial charge in [0.25, 0.3) is 0 Å². The van der Waals surface area contributed by atoms with Gasteiger partial charge in [-0.3, -0.25) is 4.79 Å². The first-order valence-electron chi connectivity index (χ1n) is 6.65. The number of ketones is 1. The van der Waals surface area contributed by atoms with Crippen LogP contribution in [-0.2, 0) is 4.79 Å². The Morgan fingerprint density at radius 2 is 2.12 bits per heavy atom. The summed E-state index contributed by atoms with van der Waals surface area (Å²) in [6.45, 7) is 3.29. The van der Waals surface area contributed by atoms with E-state index in [-0.39, 0.29) is 0 Å². The van der Waals surface area contributed by atoms with Crippen molar-refractivity contribution in [3.63, 3.8) is 0 Å². The van der Waals surface area contributed by atoms with Gasteiger partial charge in [-0.25, -0.2) is 0 Å². The Bertz CT molecular complexity index is 190. The number of rotatable bonds is 8. The average molecular weight is 243 g/mol. The van der Waals surface area contributed by atoms with Crippen LogP contribution in [0.1, 0.15) is 51.9 Å². The Hall–Kier alpha value is -0.0200. The third-order valence-corrected chi connectivity index (χ3v) is 4.16. The van der Waals surface area contributed by atoms with Crippen LogP contribution in [0.5, 0.6) is 0 Å². The Kier molecular flexibility index (Phi) is 7.95. The maximum absolute atomic E-state index is 11.7. The van der Waals surface area contributed by atoms with Crippen LogP contribution in [0, 0.1) is 0 Å². The topological polar surface area (TPSA) is 29.1 Å². The molecule has 16 heavy (non-hydrogen) atoms. The molecule has 1 saturated heterocycles. The Balaban J connectivity index is 1.97. The predicted octanol–water partition coefficient (Wildman–Crippen LogP) is 3.01. The number of carbonyl (C=O) groups excluding carboxylic acids is 1. The van der Waals surface area contributed by atoms with Crippen molar-refractivity contribution >= 4 is 17.5 Å². The fourth-order valence-corrected chi connectivity index (χ4v) is 3.00. The molecule has 0 aromatic carbocycles. The quantitative estimate of drug-likeness (QED) is 0.664. The molecule has 1 N–H and O–H groups in total. The SMILES string of the molecule is CCCCCCCC(=O)CC1CSCCN1. The lowest BCUT2D eigenvalue weighted by Crippen LogP contribution is -2.38. The normalized spacial score (nSPS) is 20.9. The zero-order chi connectivity index (χ0) is 11.6. The van der Waals surface area contributed by atoms with E-state index in [9.17, 15) is 4.79 Å². The van der Waals surface area contributed by atoms with E-state index in [1.807, 2.05) is 11.8 Å². The van der Waals surface area contributed by atoms with Gasteiger partial charge in [0.1, 0.15) is 5.78 Å². The van der Waals surface area contributed by atoms with Crippen LogP contribution in [0.15, 0.2) is 0 Å². The van der Waals surface area contributed by atoms with E-state index in [4.69, 9.17) is 0 Å². The fourth-order valence-electron chi connectivity index (χ4n) is 2.05. The number of Topliss-reactive ketones (excluding diaryl/α,β-unsaturated/α-hetero) is 1. The molecule has 2 nitrogen and oxygen atoms in total. The summed E-state index contributed by atoms with van der Waals surface area (Å²) >= 11 is 1.97. The zero-order valence-corrected chi connectivity index (χ0v) is 11.3. The number of carbonyl (C=O) groups is 1. The molecule has 0 aliphatic carbocycles. The standard InChI is InChI=1S/C13H25NOS/c1-2-3-4-5-6-7-13(15)10-12-11-16-9-8-14-12/h12,14H,2-11H2,1H3. The van der Waals surface area contributed by atoms with Gasteiger partial charge in [0.05, 0.1) is 0 Å². The van der Waals surface area contributed by atoms with E-state index in [0.717, 1.165) is 31.6 Å². The second kappa shape index (κ2) is 9.06. The summed E-state index contributed by atoms with van der Waals surface area (Å²) in [5.41, 5.74) is 0. The van der Waals surface area contributed by atoms with Crippen molar-refractivity contribution in [1.29, 1.82) is 0 Å². The van der Waals surface area contributed by atoms with Gasteiger partial charge in [0, 0.05) is 36.9 Å². The number of thioether (sulfide) groups is 1. The van der Waals surface area contributed by atoms with Crippen molar-refractivity contribution in [2.75, 3.05) is 18.1 Å². The highest BCUT2D eigenvalue weighted by Gasteiger charge is 2.15. The molecule has 0 radical (unpaired) electrons. The number of nitrogens with one attached hydrogen (secondary N) is 1. The molecule has 1 unspecified atom stereocenters. The lowest BCUT2D eigenvalue weighted by Gasteiger charge is -2.22. The van der Waals surface area contributed by atoms with Gasteiger partial charge in [0.15, 0.2) is 0 Å². The van der Waals surface area contributed by atoms with E-state index < -0.39 is 0 Å². The number of hydrogen-bond donors (Lipinski definition) is 1. The largest absolute Gasteiger partial charge is 0.312 e. The zero-order valence-electron chi connectivity index (χ0n) is 10.5. The second-order valence-corrected chi connectivity index (χ2v) is 5.78. The Morgan fingerprint density at radius 1 is 1.31 bits per heavy atom. The van der Waals surface area contributed by atoms with Crippen molar-refractivity contribution in [2.24, 2.45) is 0 Å². The van der Waals surface area contributed by atoms with Crippen molar-refractivity contribution in [1.82, 2.24) is 5.32 Å². The molecule has 0 amide bonds. The Morgan fingerprint density at radius 3 is 2.81 bits per heavy atom. The molecule has 0 aromatic heterocycles. The van der Waals surface area contributed by atoms with Gasteiger partial charge >= 0.3 is 0 Å². The minimum absolute atomic E-state index is 0.446. The average Bonchev–Trinajstić information content (AvgIpc) is 2.30. The minimum Gasteiger partial charge on any atom is -0.312 e. The molecule has 1 aliphatic rings. The molecule has 1 fully saturated rings. The first-order valence-corrected chi connectivity index (χ1v) is 7.81. The summed E-state index contributed by atoms with van der Waals surface area (Å²) in [6.07, 6.45) is 7.76. The summed E-state index contributed by atoms with van der Waals surface area (Å²) in [7, 11) is 0. The molecule has 1 atom stereocenters. The lowest BCUT2D eigenvalue weighted by atomic mass is 10.0. The van der Waals surface area contributed by atoms with Crippen LogP contribution in [-0.4, -0.2) is 29.9 Å². The number of unbranched alkanes of at least 4 members (excludes halogenated alkanes) is 4. The minimum atomic E-state index is 0.446. The van der Waals surface area contributed by atoms with Gasteiger partial charge in [-0.05, 0) is 6.42 Å². The van der Waals surface area contributed by atoms with Gasteiger partial charge in [-0.1, -0.05) is 32.6 Å². The molecule has 1 aliphatic heterocycles. The van der Waals surface area contributed by atoms with Crippen LogP contribution in [0.25, 0.3) is 0 Å². The first-order chi connectivity index (χ1) is 7.83. The van der Waals surface area contributed by atoms with E-state index in [1.165, 1.54) is 31.4 Å². The van der Waals surface area contributed by atoms with Gasteiger partial charge in [-0.15, -0.1) is 0 Å². The summed E-state index contributed by atoms with van der Waals surface area (Å²) in [5, 5.41) is 3.42. The summed E-state index contributed by atoms with van der Waals surface area (Å²) in [4.78, 5) is 11.7. The van der Waals surface area contributed by atoms with E-state index in [0.29, 0.717) is 11.8 Å². The van der Waals surface area contributed by atoms with Crippen LogP contribution in [0.2, 0.25) is 0 Å². The molecule has 0 bridgehead atoms. The van der Waals surface area contributed by atoms with Gasteiger partial charge in [-0.2, -0.15) is 11.8 Å². The lowest BCUT2D eigenvalue weighted by molar-refractivity contribution is -0.119. The van der Waals surface area contributed by atoms with E-state index in [2.05, 4.69) is 12.2 Å². The molecular formula is C13H25NOS. The van der Waals surface area contributed by atoms with Crippen molar-refractivity contribution < 1.29 is 4.79 Å². The van der Waals surface area contributed by atoms with Gasteiger partial charge in [0.2, 0.25) is 0 Å². The molecule has 1 rings (SSSR count). The summed E-state index contributed by atoms with van der Waals surface area (Å²) in [5.74, 6) is 2.76. The second-order valence-electron chi connectivity index (χ2n) is 4.63. The third-order valence-electron chi connectivity index (χ3n) is 3.03. The highest BCUT2D eigenvalue weighted by Crippen LogP contribution is 2.13. The summed E-state index contributed by atoms with van der Waals surface area (Å²) < 4.78 is 0. The highest BCUT2D eigenvalue weighted by atomic mass is 32.2. The molecule has 0 aromatic rings. The maximum Gasteiger partial charge on any atom is 0.134 e. The third kappa shape index (κ3) is 6.54. The van der Waals surface area contributed by atoms with Crippen LogP contribution in [0.4, 0.5) is 0 Å². The van der Waals surface area contributed by atoms with Crippen LogP contribution < -0.4 is 5.32 Å². The van der Waals surface area contributed by atoms with Crippen LogP contribution >= 0.6 is 11.8 Å². The maximum atomic E-state index is 11.7. The fraction of sp³-hybridized carbons (Fsp3) is 0.923. The monoisotopic (exact) mass is 243 g/mol. The van der Waals surface area contributed by atoms with Crippen molar-refractivity contribution in [3.05, 3.63) is 0 Å². The van der Waals surface area contributed by atoms with E-state index in [1.54, 1.807) is 0 Å². The highest BCUT2D eigenvalue weighted by molar-refractivity contribution is 7.99. The van der Waals surface area contributed by atoms with Crippen molar-refractivity contribution in [2.45, 2.75) is 57.9 Å². The predicted molar refractivity (Wildman–Crippen MR) is 72.1 cm³/mol. The molecular weight excluding hydrogens is 218 g/mol. The Labute approximate surface area is 104 Å². The molecule has 0 spiro atoms. The van der Waals surface area contributed by atoms with Crippen molar-refractivity contribution in [3.8, 4) is 0 Å². The van der Waals surface area contributed by atoms with Gasteiger partial charge < -0.3 is 5.32 Å². The van der Waals surface area contributed by atoms with E-state index >= 15 is 0 Å². The molecule has 94 valence electrons. The molecule has 3 heteroatoms. The first kappa shape index (κ1) is 14.0. The summed E-state index contributed by atoms with van der Waals surface area (Å²) in [6, 6.07) is 0.446. The van der Waals surface area contributed by atoms with Crippen LogP contribution in [0.3, 0.4) is 0 Å². The smallest absolute Gasteiger partial charge is 0.134 e.